The SMILES string of the molecule is CN(C)c1nc(NN)nc(N(C)c2ccc(C#N)cc2)n1. The third-order valence-electron chi connectivity index (χ3n) is 2.82. The van der Waals surface area contributed by atoms with Gasteiger partial charge in [-0.3, -0.25) is 5.43 Å². The first kappa shape index (κ1) is 14.5. The number of anilines is 4. The lowest BCUT2D eigenvalue weighted by atomic mass is 10.2. The van der Waals surface area contributed by atoms with Crippen LogP contribution in [0.5, 0.6) is 0 Å². The molecule has 0 unspecified atom stereocenters. The van der Waals surface area contributed by atoms with Gasteiger partial charge in [0.05, 0.1) is 11.6 Å². The van der Waals surface area contributed by atoms with Crippen LogP contribution >= 0.6 is 0 Å². The molecule has 1 heterocycles. The standard InChI is InChI=1S/C13H16N8/c1-20(2)12-16-11(19-15)17-13(18-12)21(3)10-6-4-9(8-14)5-7-10/h4-7H,15H2,1-3H3,(H,16,17,18,19). The lowest BCUT2D eigenvalue weighted by Crippen LogP contribution is -2.21. The van der Waals surface area contributed by atoms with Crippen molar-refractivity contribution in [3.05, 3.63) is 29.8 Å². The summed E-state index contributed by atoms with van der Waals surface area (Å²) in [6.07, 6.45) is 0. The zero-order valence-electron chi connectivity index (χ0n) is 12.1. The Labute approximate surface area is 122 Å². The molecular weight excluding hydrogens is 268 g/mol. The summed E-state index contributed by atoms with van der Waals surface area (Å²) >= 11 is 0. The summed E-state index contributed by atoms with van der Waals surface area (Å²) in [5.41, 5.74) is 3.88. The smallest absolute Gasteiger partial charge is 0.243 e. The molecule has 1 aromatic carbocycles. The van der Waals surface area contributed by atoms with Crippen LogP contribution < -0.4 is 21.1 Å². The van der Waals surface area contributed by atoms with Crippen LogP contribution in [0.25, 0.3) is 0 Å². The predicted molar refractivity (Wildman–Crippen MR) is 81.2 cm³/mol. The van der Waals surface area contributed by atoms with Crippen LogP contribution in [0, 0.1) is 11.3 Å². The molecule has 0 aliphatic carbocycles. The number of aromatic nitrogens is 3. The Morgan fingerprint density at radius 2 is 1.67 bits per heavy atom. The summed E-state index contributed by atoms with van der Waals surface area (Å²) in [7, 11) is 5.50. The Kier molecular flexibility index (Phi) is 4.15. The molecule has 0 bridgehead atoms. The second-order valence-corrected chi connectivity index (χ2v) is 4.52. The number of hydrazine groups is 1. The number of rotatable bonds is 4. The van der Waals surface area contributed by atoms with Gasteiger partial charge < -0.3 is 9.80 Å². The molecule has 0 fully saturated rings. The largest absolute Gasteiger partial charge is 0.347 e. The molecule has 0 amide bonds. The molecule has 0 saturated heterocycles. The molecule has 108 valence electrons. The quantitative estimate of drug-likeness (QED) is 0.629. The third-order valence-corrected chi connectivity index (χ3v) is 2.82. The number of nitrogens with two attached hydrogens (primary N) is 1. The molecule has 21 heavy (non-hydrogen) atoms. The number of benzene rings is 1. The van der Waals surface area contributed by atoms with Crippen molar-refractivity contribution >= 4 is 23.5 Å². The molecule has 2 aromatic rings. The fourth-order valence-corrected chi connectivity index (χ4v) is 1.64. The number of hydrogen-bond acceptors (Lipinski definition) is 8. The minimum Gasteiger partial charge on any atom is -0.347 e. The van der Waals surface area contributed by atoms with Gasteiger partial charge in [0.15, 0.2) is 0 Å². The van der Waals surface area contributed by atoms with E-state index in [0.717, 1.165) is 5.69 Å². The van der Waals surface area contributed by atoms with Gasteiger partial charge in [0, 0.05) is 26.8 Å². The van der Waals surface area contributed by atoms with Crippen LogP contribution in [-0.4, -0.2) is 36.1 Å². The molecule has 8 heteroatoms. The summed E-state index contributed by atoms with van der Waals surface area (Å²) in [6.45, 7) is 0. The van der Waals surface area contributed by atoms with E-state index >= 15 is 0 Å². The Morgan fingerprint density at radius 3 is 2.19 bits per heavy atom. The molecule has 0 spiro atoms. The van der Waals surface area contributed by atoms with Crippen molar-refractivity contribution in [1.82, 2.24) is 15.0 Å². The van der Waals surface area contributed by atoms with Crippen LogP contribution in [0.3, 0.4) is 0 Å². The maximum atomic E-state index is 8.83. The van der Waals surface area contributed by atoms with Crippen molar-refractivity contribution in [2.45, 2.75) is 0 Å². The number of hydrogen-bond donors (Lipinski definition) is 2. The zero-order chi connectivity index (χ0) is 15.4. The maximum Gasteiger partial charge on any atom is 0.243 e. The van der Waals surface area contributed by atoms with E-state index in [1.807, 2.05) is 33.3 Å². The van der Waals surface area contributed by atoms with Crippen LogP contribution in [-0.2, 0) is 0 Å². The van der Waals surface area contributed by atoms with Crippen molar-refractivity contribution in [2.75, 3.05) is 36.4 Å². The van der Waals surface area contributed by atoms with Crippen molar-refractivity contribution in [2.24, 2.45) is 5.84 Å². The van der Waals surface area contributed by atoms with Gasteiger partial charge in [-0.15, -0.1) is 0 Å². The van der Waals surface area contributed by atoms with Gasteiger partial charge in [0.2, 0.25) is 17.8 Å². The molecule has 0 aliphatic rings. The third kappa shape index (κ3) is 3.16. The number of nitrogens with zero attached hydrogens (tertiary/aromatic N) is 6. The summed E-state index contributed by atoms with van der Waals surface area (Å²) in [5, 5.41) is 8.83. The van der Waals surface area contributed by atoms with E-state index in [4.69, 9.17) is 11.1 Å². The molecule has 0 aliphatic heterocycles. The highest BCUT2D eigenvalue weighted by molar-refractivity contribution is 5.59. The molecule has 8 nitrogen and oxygen atoms in total. The van der Waals surface area contributed by atoms with Gasteiger partial charge >= 0.3 is 0 Å². The van der Waals surface area contributed by atoms with E-state index in [1.165, 1.54) is 0 Å². The Bertz CT molecular complexity index is 659. The van der Waals surface area contributed by atoms with Gasteiger partial charge in [0.25, 0.3) is 0 Å². The summed E-state index contributed by atoms with van der Waals surface area (Å²) in [6, 6.07) is 9.21. The fraction of sp³-hybridized carbons (Fsp3) is 0.231. The zero-order valence-corrected chi connectivity index (χ0v) is 12.1. The highest BCUT2D eigenvalue weighted by atomic mass is 15.4. The Morgan fingerprint density at radius 1 is 1.05 bits per heavy atom. The summed E-state index contributed by atoms with van der Waals surface area (Å²) in [4.78, 5) is 16.3. The van der Waals surface area contributed by atoms with Crippen molar-refractivity contribution < 1.29 is 0 Å². The first-order chi connectivity index (χ1) is 10.0. The van der Waals surface area contributed by atoms with Crippen LogP contribution in [0.2, 0.25) is 0 Å². The highest BCUT2D eigenvalue weighted by Gasteiger charge is 2.12. The molecule has 2 rings (SSSR count). The summed E-state index contributed by atoms with van der Waals surface area (Å²) in [5.74, 6) is 6.61. The topological polar surface area (TPSA) is 107 Å². The van der Waals surface area contributed by atoms with Crippen molar-refractivity contribution in [3.63, 3.8) is 0 Å². The lowest BCUT2D eigenvalue weighted by Gasteiger charge is -2.19. The van der Waals surface area contributed by atoms with Crippen molar-refractivity contribution in [1.29, 1.82) is 5.26 Å². The van der Waals surface area contributed by atoms with E-state index in [-0.39, 0.29) is 5.95 Å². The second-order valence-electron chi connectivity index (χ2n) is 4.52. The minimum absolute atomic E-state index is 0.282. The van der Waals surface area contributed by atoms with Gasteiger partial charge in [-0.1, -0.05) is 0 Å². The predicted octanol–water partition coefficient (Wildman–Crippen LogP) is 0.863. The van der Waals surface area contributed by atoms with Crippen LogP contribution in [0.15, 0.2) is 24.3 Å². The molecule has 3 N–H and O–H groups in total. The average Bonchev–Trinajstić information content (AvgIpc) is 2.53. The van der Waals surface area contributed by atoms with E-state index in [0.29, 0.717) is 17.5 Å². The van der Waals surface area contributed by atoms with Gasteiger partial charge in [0.1, 0.15) is 0 Å². The second kappa shape index (κ2) is 6.02. The highest BCUT2D eigenvalue weighted by Crippen LogP contribution is 2.22. The van der Waals surface area contributed by atoms with Crippen LogP contribution in [0.4, 0.5) is 23.5 Å². The number of nitrogen functional groups attached to an aromatic ring is 1. The van der Waals surface area contributed by atoms with E-state index in [9.17, 15) is 0 Å². The minimum atomic E-state index is 0.282. The molecule has 0 radical (unpaired) electrons. The van der Waals surface area contributed by atoms with E-state index < -0.39 is 0 Å². The van der Waals surface area contributed by atoms with Gasteiger partial charge in [-0.25, -0.2) is 5.84 Å². The first-order valence-corrected chi connectivity index (χ1v) is 6.19. The molecule has 0 saturated carbocycles. The Hall–Kier alpha value is -2.92. The number of nitriles is 1. The van der Waals surface area contributed by atoms with Gasteiger partial charge in [-0.2, -0.15) is 20.2 Å². The van der Waals surface area contributed by atoms with Crippen LogP contribution in [0.1, 0.15) is 5.56 Å². The maximum absolute atomic E-state index is 8.83. The molecule has 1 aromatic heterocycles. The summed E-state index contributed by atoms with van der Waals surface area (Å²) < 4.78 is 0. The molecule has 0 atom stereocenters. The molecular formula is C13H16N8. The monoisotopic (exact) mass is 284 g/mol. The first-order valence-electron chi connectivity index (χ1n) is 6.19. The van der Waals surface area contributed by atoms with Gasteiger partial charge in [-0.05, 0) is 24.3 Å². The normalized spacial score (nSPS) is 9.86. The average molecular weight is 284 g/mol. The van der Waals surface area contributed by atoms with Crippen molar-refractivity contribution in [3.8, 4) is 6.07 Å². The Balaban J connectivity index is 2.39. The fourth-order valence-electron chi connectivity index (χ4n) is 1.64. The van der Waals surface area contributed by atoms with E-state index in [1.54, 1.807) is 21.9 Å². The lowest BCUT2D eigenvalue weighted by molar-refractivity contribution is 0.928. The van der Waals surface area contributed by atoms with E-state index in [2.05, 4.69) is 26.4 Å². The number of nitrogens with one attached hydrogen (secondary N) is 1.